The summed E-state index contributed by atoms with van der Waals surface area (Å²) in [4.78, 5) is 32.9. The summed E-state index contributed by atoms with van der Waals surface area (Å²) in [6, 6.07) is 7.22. The van der Waals surface area contributed by atoms with E-state index in [9.17, 15) is 14.7 Å². The van der Waals surface area contributed by atoms with Gasteiger partial charge in [-0.2, -0.15) is 0 Å². The first-order valence-corrected chi connectivity index (χ1v) is 9.77. The molecular weight excluding hydrogens is 344 g/mol. The minimum Gasteiger partial charge on any atom is -0.468 e. The van der Waals surface area contributed by atoms with Crippen molar-refractivity contribution in [2.75, 3.05) is 13.7 Å². The molecule has 1 saturated carbocycles. The molecular formula is C21H24N2O4. The monoisotopic (exact) mass is 368 g/mol. The van der Waals surface area contributed by atoms with Crippen molar-refractivity contribution in [1.82, 2.24) is 4.90 Å². The van der Waals surface area contributed by atoms with Gasteiger partial charge in [-0.1, -0.05) is 31.5 Å². The molecule has 1 aromatic carbocycles. The third kappa shape index (κ3) is 1.87. The number of esters is 1. The molecule has 4 bridgehead atoms. The first-order chi connectivity index (χ1) is 13.0. The van der Waals surface area contributed by atoms with Gasteiger partial charge >= 0.3 is 5.97 Å². The Morgan fingerprint density at radius 1 is 1.41 bits per heavy atom. The number of methoxy groups -OCH3 is 1. The number of rotatable bonds is 2. The molecule has 3 saturated heterocycles. The normalized spacial score (nSPS) is 38.8. The zero-order valence-electron chi connectivity index (χ0n) is 15.6. The number of fused-ring (bicyclic) bond motifs is 4. The lowest BCUT2D eigenvalue weighted by Gasteiger charge is -2.57. The number of carbonyl (C=O) groups excluding carboxylic acids is 2. The fraction of sp³-hybridized carbons (Fsp3) is 0.571. The van der Waals surface area contributed by atoms with Crippen LogP contribution in [0, 0.1) is 17.3 Å². The molecule has 0 spiro atoms. The Kier molecular flexibility index (Phi) is 3.39. The van der Waals surface area contributed by atoms with Crippen LogP contribution >= 0.6 is 0 Å². The van der Waals surface area contributed by atoms with Gasteiger partial charge in [0, 0.05) is 24.4 Å². The second kappa shape index (κ2) is 5.41. The minimum absolute atomic E-state index is 0.113. The maximum absolute atomic E-state index is 13.3. The van der Waals surface area contributed by atoms with E-state index >= 15 is 0 Å². The van der Waals surface area contributed by atoms with Crippen molar-refractivity contribution in [2.45, 2.75) is 44.2 Å². The highest BCUT2D eigenvalue weighted by molar-refractivity contribution is 6.16. The van der Waals surface area contributed by atoms with Gasteiger partial charge in [-0.15, -0.1) is 0 Å². The predicted molar refractivity (Wildman–Crippen MR) is 98.5 cm³/mol. The molecule has 0 aromatic heterocycles. The summed E-state index contributed by atoms with van der Waals surface area (Å²) in [5, 5.41) is 11.8. The van der Waals surface area contributed by atoms with Gasteiger partial charge in [0.1, 0.15) is 11.0 Å². The van der Waals surface area contributed by atoms with Crippen LogP contribution in [0.4, 0.5) is 5.69 Å². The zero-order chi connectivity index (χ0) is 19.0. The van der Waals surface area contributed by atoms with Crippen molar-refractivity contribution >= 4 is 23.3 Å². The highest BCUT2D eigenvalue weighted by Gasteiger charge is 2.70. The van der Waals surface area contributed by atoms with Crippen molar-refractivity contribution in [3.63, 3.8) is 0 Å². The van der Waals surface area contributed by atoms with Gasteiger partial charge in [-0.3, -0.25) is 14.6 Å². The van der Waals surface area contributed by atoms with Crippen LogP contribution in [0.5, 0.6) is 0 Å². The number of aliphatic imine (C=N–C) groups is 1. The highest BCUT2D eigenvalue weighted by atomic mass is 16.5. The standard InChI is InChI=1S/C21H24N2O4/c1-3-12-10-13-11-20(19(25)27-2)16(12)23(17(13)24)9-8-21(26)14-6-4-5-7-15(14)22-18(20)21/h4-7,12-13,16,26H,3,8-11H2,1-2H3. The minimum atomic E-state index is -1.33. The molecule has 4 aliphatic heterocycles. The number of amides is 1. The van der Waals surface area contributed by atoms with Gasteiger partial charge in [0.2, 0.25) is 5.91 Å². The summed E-state index contributed by atoms with van der Waals surface area (Å²) in [5.41, 5.74) is -0.466. The fourth-order valence-electron chi connectivity index (χ4n) is 6.19. The second-order valence-corrected chi connectivity index (χ2v) is 8.33. The van der Waals surface area contributed by atoms with E-state index in [1.165, 1.54) is 7.11 Å². The molecule has 5 atom stereocenters. The average molecular weight is 368 g/mol. The van der Waals surface area contributed by atoms with Crippen molar-refractivity contribution in [3.8, 4) is 0 Å². The van der Waals surface area contributed by atoms with Crippen molar-refractivity contribution in [1.29, 1.82) is 0 Å². The SMILES string of the molecule is CCC1CC2CC3(C(=O)OC)C4=Nc5ccccc5C4(O)CCN(C2=O)C13. The molecule has 1 amide bonds. The Hall–Kier alpha value is -2.21. The number of ether oxygens (including phenoxy) is 1. The third-order valence-electron chi connectivity index (χ3n) is 7.26. The van der Waals surface area contributed by atoms with Crippen LogP contribution in [-0.4, -0.2) is 47.3 Å². The summed E-state index contributed by atoms with van der Waals surface area (Å²) < 4.78 is 5.29. The van der Waals surface area contributed by atoms with E-state index in [0.717, 1.165) is 18.4 Å². The lowest BCUT2D eigenvalue weighted by atomic mass is 9.54. The Bertz CT molecular complexity index is 881. The Morgan fingerprint density at radius 3 is 2.93 bits per heavy atom. The smallest absolute Gasteiger partial charge is 0.319 e. The van der Waals surface area contributed by atoms with Crippen LogP contribution in [0.3, 0.4) is 0 Å². The van der Waals surface area contributed by atoms with E-state index in [-0.39, 0.29) is 29.8 Å². The van der Waals surface area contributed by atoms with Gasteiger partial charge in [0.25, 0.3) is 0 Å². The fourth-order valence-corrected chi connectivity index (χ4v) is 6.19. The van der Waals surface area contributed by atoms with E-state index in [4.69, 9.17) is 9.73 Å². The van der Waals surface area contributed by atoms with Gasteiger partial charge < -0.3 is 14.7 Å². The molecule has 4 heterocycles. The van der Waals surface area contributed by atoms with Crippen LogP contribution < -0.4 is 0 Å². The number of hydrogen-bond donors (Lipinski definition) is 1. The second-order valence-electron chi connectivity index (χ2n) is 8.33. The lowest BCUT2D eigenvalue weighted by molar-refractivity contribution is -0.174. The van der Waals surface area contributed by atoms with E-state index in [1.807, 2.05) is 29.2 Å². The molecule has 27 heavy (non-hydrogen) atoms. The van der Waals surface area contributed by atoms with Crippen LogP contribution in [0.25, 0.3) is 0 Å². The van der Waals surface area contributed by atoms with Crippen molar-refractivity contribution in [3.05, 3.63) is 29.8 Å². The van der Waals surface area contributed by atoms with E-state index in [1.54, 1.807) is 0 Å². The molecule has 6 heteroatoms. The maximum Gasteiger partial charge on any atom is 0.319 e. The number of hydrogen-bond acceptors (Lipinski definition) is 5. The molecule has 4 fully saturated rings. The summed E-state index contributed by atoms with van der Waals surface area (Å²) in [7, 11) is 1.39. The number of piperidine rings is 2. The summed E-state index contributed by atoms with van der Waals surface area (Å²) in [6.07, 6.45) is 2.41. The van der Waals surface area contributed by atoms with Crippen molar-refractivity contribution < 1.29 is 19.4 Å². The van der Waals surface area contributed by atoms with Gasteiger partial charge in [-0.05, 0) is 24.8 Å². The Balaban J connectivity index is 1.79. The molecule has 1 N–H and O–H groups in total. The van der Waals surface area contributed by atoms with E-state index in [0.29, 0.717) is 30.8 Å². The number of para-hydroxylation sites is 1. The number of nitrogens with zero attached hydrogens (tertiary/aromatic N) is 2. The predicted octanol–water partition coefficient (Wildman–Crippen LogP) is 2.17. The number of carbonyl (C=O) groups is 2. The Morgan fingerprint density at radius 2 is 2.19 bits per heavy atom. The van der Waals surface area contributed by atoms with Crippen LogP contribution in [0.1, 0.15) is 38.2 Å². The van der Waals surface area contributed by atoms with E-state index in [2.05, 4.69) is 6.92 Å². The topological polar surface area (TPSA) is 79.2 Å². The quantitative estimate of drug-likeness (QED) is 0.812. The van der Waals surface area contributed by atoms with Crippen molar-refractivity contribution in [2.24, 2.45) is 22.2 Å². The van der Waals surface area contributed by atoms with Crippen LogP contribution in [0.2, 0.25) is 0 Å². The molecule has 1 aliphatic carbocycles. The lowest BCUT2D eigenvalue weighted by Crippen LogP contribution is -2.70. The van der Waals surface area contributed by atoms with E-state index < -0.39 is 11.0 Å². The third-order valence-corrected chi connectivity index (χ3v) is 7.26. The summed E-state index contributed by atoms with van der Waals surface area (Å²) in [5.74, 6) is -0.274. The van der Waals surface area contributed by atoms with Gasteiger partial charge in [0.05, 0.1) is 24.6 Å². The summed E-state index contributed by atoms with van der Waals surface area (Å²) in [6.45, 7) is 2.53. The zero-order valence-corrected chi connectivity index (χ0v) is 15.6. The molecule has 6 rings (SSSR count). The molecule has 0 radical (unpaired) electrons. The van der Waals surface area contributed by atoms with Crippen LogP contribution in [0.15, 0.2) is 29.3 Å². The summed E-state index contributed by atoms with van der Waals surface area (Å²) >= 11 is 0. The molecule has 6 nitrogen and oxygen atoms in total. The maximum atomic E-state index is 13.3. The molecule has 5 aliphatic rings. The first-order valence-electron chi connectivity index (χ1n) is 9.77. The highest BCUT2D eigenvalue weighted by Crippen LogP contribution is 2.60. The molecule has 5 unspecified atom stereocenters. The largest absolute Gasteiger partial charge is 0.468 e. The number of benzene rings is 1. The Labute approximate surface area is 158 Å². The van der Waals surface area contributed by atoms with Gasteiger partial charge in [-0.25, -0.2) is 0 Å². The van der Waals surface area contributed by atoms with Gasteiger partial charge in [0.15, 0.2) is 0 Å². The molecule has 142 valence electrons. The first kappa shape index (κ1) is 16.9. The molecule has 1 aromatic rings. The number of aliphatic hydroxyl groups is 1. The van der Waals surface area contributed by atoms with Crippen LogP contribution in [-0.2, 0) is 19.9 Å². The average Bonchev–Trinajstić information content (AvgIpc) is 2.95.